The van der Waals surface area contributed by atoms with Crippen molar-refractivity contribution in [3.8, 4) is 0 Å². The van der Waals surface area contributed by atoms with E-state index < -0.39 is 32.7 Å². The van der Waals surface area contributed by atoms with Gasteiger partial charge in [-0.15, -0.1) is 0 Å². The summed E-state index contributed by atoms with van der Waals surface area (Å²) in [6.45, 7) is 1.39. The van der Waals surface area contributed by atoms with Gasteiger partial charge in [-0.1, -0.05) is 18.5 Å². The van der Waals surface area contributed by atoms with Gasteiger partial charge >= 0.3 is 6.18 Å². The summed E-state index contributed by atoms with van der Waals surface area (Å²) in [6, 6.07) is 1.83. The molecule has 0 saturated carbocycles. The van der Waals surface area contributed by atoms with Crippen molar-refractivity contribution in [2.75, 3.05) is 6.61 Å². The van der Waals surface area contributed by atoms with Crippen molar-refractivity contribution in [1.82, 2.24) is 4.72 Å². The quantitative estimate of drug-likeness (QED) is 0.833. The summed E-state index contributed by atoms with van der Waals surface area (Å²) >= 11 is 5.51. The number of benzene rings is 1. The number of nitrogens with one attached hydrogen (secondary N) is 1. The highest BCUT2D eigenvalue weighted by Gasteiger charge is 2.37. The first-order chi connectivity index (χ1) is 9.61. The second-order valence-corrected chi connectivity index (χ2v) is 6.50. The first kappa shape index (κ1) is 18.2. The van der Waals surface area contributed by atoms with Crippen LogP contribution < -0.4 is 4.72 Å². The van der Waals surface area contributed by atoms with Crippen molar-refractivity contribution in [3.05, 3.63) is 28.8 Å². The number of rotatable bonds is 6. The van der Waals surface area contributed by atoms with Crippen molar-refractivity contribution < 1.29 is 26.7 Å². The summed E-state index contributed by atoms with van der Waals surface area (Å²) in [5.74, 6) is 0. The van der Waals surface area contributed by atoms with Gasteiger partial charge in [-0.25, -0.2) is 13.1 Å². The molecule has 2 N–H and O–H groups in total. The summed E-state index contributed by atoms with van der Waals surface area (Å²) in [5, 5.41) is 8.62. The molecule has 0 radical (unpaired) electrons. The molecule has 9 heteroatoms. The van der Waals surface area contributed by atoms with E-state index in [9.17, 15) is 21.6 Å². The highest BCUT2D eigenvalue weighted by Crippen LogP contribution is 2.35. The normalized spacial score (nSPS) is 14.2. The van der Waals surface area contributed by atoms with E-state index in [-0.39, 0.29) is 18.1 Å². The minimum atomic E-state index is -4.84. The largest absolute Gasteiger partial charge is 0.417 e. The van der Waals surface area contributed by atoms with Gasteiger partial charge in [-0.05, 0) is 31.0 Å². The maximum Gasteiger partial charge on any atom is 0.417 e. The molecule has 0 spiro atoms. The van der Waals surface area contributed by atoms with Crippen molar-refractivity contribution in [2.24, 2.45) is 0 Å². The highest BCUT2D eigenvalue weighted by atomic mass is 35.5. The van der Waals surface area contributed by atoms with Gasteiger partial charge in [0.25, 0.3) is 0 Å². The average Bonchev–Trinajstić information content (AvgIpc) is 2.36. The standard InChI is InChI=1S/C12H15ClF3NO3S/c1-2-9(5-6-18)17-21(19,20)11-4-3-8(13)7-10(11)12(14,15)16/h3-4,7,9,17-18H,2,5-6H2,1H3. The third-order valence-electron chi connectivity index (χ3n) is 2.83. The second kappa shape index (κ2) is 6.95. The van der Waals surface area contributed by atoms with E-state index in [2.05, 4.69) is 4.72 Å². The van der Waals surface area contributed by atoms with Crippen LogP contribution in [0.5, 0.6) is 0 Å². The minimum absolute atomic E-state index is 0.116. The maximum absolute atomic E-state index is 12.9. The average molecular weight is 346 g/mol. The number of aliphatic hydroxyl groups excluding tert-OH is 1. The van der Waals surface area contributed by atoms with Gasteiger partial charge in [0.05, 0.1) is 10.5 Å². The first-order valence-corrected chi connectivity index (χ1v) is 7.98. The molecule has 0 aliphatic carbocycles. The lowest BCUT2D eigenvalue weighted by Gasteiger charge is -2.18. The molecule has 0 heterocycles. The fourth-order valence-corrected chi connectivity index (χ4v) is 3.48. The molecule has 0 bridgehead atoms. The Kier molecular flexibility index (Phi) is 6.03. The monoisotopic (exact) mass is 345 g/mol. The highest BCUT2D eigenvalue weighted by molar-refractivity contribution is 7.89. The zero-order valence-electron chi connectivity index (χ0n) is 11.1. The first-order valence-electron chi connectivity index (χ1n) is 6.11. The molecule has 1 aromatic carbocycles. The number of sulfonamides is 1. The maximum atomic E-state index is 12.9. The van der Waals surface area contributed by atoms with Gasteiger partial charge in [-0.3, -0.25) is 0 Å². The molecule has 21 heavy (non-hydrogen) atoms. The van der Waals surface area contributed by atoms with Crippen LogP contribution in [-0.2, 0) is 16.2 Å². The molecule has 1 atom stereocenters. The fraction of sp³-hybridized carbons (Fsp3) is 0.500. The Labute approximate surface area is 126 Å². The van der Waals surface area contributed by atoms with Crippen LogP contribution in [0, 0.1) is 0 Å². The van der Waals surface area contributed by atoms with Gasteiger partial charge in [0, 0.05) is 17.7 Å². The van der Waals surface area contributed by atoms with E-state index >= 15 is 0 Å². The Morgan fingerprint density at radius 1 is 1.38 bits per heavy atom. The Bertz CT molecular complexity index is 590. The molecule has 0 aromatic heterocycles. The summed E-state index contributed by atoms with van der Waals surface area (Å²) in [4.78, 5) is -0.879. The van der Waals surface area contributed by atoms with Crippen LogP contribution in [0.15, 0.2) is 23.1 Å². The predicted molar refractivity (Wildman–Crippen MR) is 72.6 cm³/mol. The molecule has 0 fully saturated rings. The molecule has 0 amide bonds. The van der Waals surface area contributed by atoms with Gasteiger partial charge in [0.15, 0.2) is 0 Å². The van der Waals surface area contributed by atoms with Crippen LogP contribution in [0.4, 0.5) is 13.2 Å². The molecule has 120 valence electrons. The van der Waals surface area contributed by atoms with Crippen LogP contribution in [0.25, 0.3) is 0 Å². The summed E-state index contributed by atoms with van der Waals surface area (Å²) in [7, 11) is -4.36. The topological polar surface area (TPSA) is 66.4 Å². The van der Waals surface area contributed by atoms with Gasteiger partial charge in [0.2, 0.25) is 10.0 Å². The lowest BCUT2D eigenvalue weighted by atomic mass is 10.2. The van der Waals surface area contributed by atoms with E-state index in [1.54, 1.807) is 6.92 Å². The molecule has 0 aliphatic rings. The second-order valence-electron chi connectivity index (χ2n) is 4.38. The summed E-state index contributed by atoms with van der Waals surface area (Å²) in [6.07, 6.45) is -4.38. The Balaban J connectivity index is 3.26. The van der Waals surface area contributed by atoms with Crippen LogP contribution in [-0.4, -0.2) is 26.2 Å². The SMILES string of the molecule is CCC(CCO)NS(=O)(=O)c1ccc(Cl)cc1C(F)(F)F. The number of hydrogen-bond acceptors (Lipinski definition) is 3. The van der Waals surface area contributed by atoms with Crippen molar-refractivity contribution in [2.45, 2.75) is 36.9 Å². The van der Waals surface area contributed by atoms with Crippen LogP contribution in [0.3, 0.4) is 0 Å². The summed E-state index contributed by atoms with van der Waals surface area (Å²) in [5.41, 5.74) is -1.32. The molecule has 1 unspecified atom stereocenters. The zero-order valence-corrected chi connectivity index (χ0v) is 12.7. The number of alkyl halides is 3. The third kappa shape index (κ3) is 4.84. The zero-order chi connectivity index (χ0) is 16.3. The number of hydrogen-bond donors (Lipinski definition) is 2. The van der Waals surface area contributed by atoms with E-state index in [0.717, 1.165) is 12.1 Å². The van der Waals surface area contributed by atoms with E-state index in [0.29, 0.717) is 12.5 Å². The predicted octanol–water partition coefficient (Wildman–Crippen LogP) is 2.80. The van der Waals surface area contributed by atoms with Crippen molar-refractivity contribution in [1.29, 1.82) is 0 Å². The minimum Gasteiger partial charge on any atom is -0.396 e. The van der Waals surface area contributed by atoms with Crippen molar-refractivity contribution >= 4 is 21.6 Å². The van der Waals surface area contributed by atoms with Gasteiger partial charge in [-0.2, -0.15) is 13.2 Å². The van der Waals surface area contributed by atoms with Gasteiger partial charge < -0.3 is 5.11 Å². The van der Waals surface area contributed by atoms with Crippen molar-refractivity contribution in [3.63, 3.8) is 0 Å². The van der Waals surface area contributed by atoms with E-state index in [4.69, 9.17) is 16.7 Å². The van der Waals surface area contributed by atoms with Crippen LogP contribution in [0.1, 0.15) is 25.3 Å². The summed E-state index contributed by atoms with van der Waals surface area (Å²) < 4.78 is 65.2. The lowest BCUT2D eigenvalue weighted by molar-refractivity contribution is -0.139. The molecule has 0 aliphatic heterocycles. The smallest absolute Gasteiger partial charge is 0.396 e. The van der Waals surface area contributed by atoms with E-state index in [1.165, 1.54) is 0 Å². The number of halogens is 4. The Hall–Kier alpha value is -0.830. The third-order valence-corrected chi connectivity index (χ3v) is 4.64. The Morgan fingerprint density at radius 3 is 2.48 bits per heavy atom. The molecular weight excluding hydrogens is 331 g/mol. The number of aliphatic hydroxyl groups is 1. The van der Waals surface area contributed by atoms with E-state index in [1.807, 2.05) is 0 Å². The van der Waals surface area contributed by atoms with Gasteiger partial charge in [0.1, 0.15) is 0 Å². The fourth-order valence-electron chi connectivity index (χ4n) is 1.74. The molecule has 0 saturated heterocycles. The Morgan fingerprint density at radius 2 is 2.00 bits per heavy atom. The molecule has 1 aromatic rings. The molecule has 4 nitrogen and oxygen atoms in total. The van der Waals surface area contributed by atoms with Crippen LogP contribution >= 0.6 is 11.6 Å². The molecular formula is C12H15ClF3NO3S. The van der Waals surface area contributed by atoms with Crippen LogP contribution in [0.2, 0.25) is 5.02 Å². The molecule has 1 rings (SSSR count). The lowest BCUT2D eigenvalue weighted by Crippen LogP contribution is -2.36.